The Morgan fingerprint density at radius 1 is 1.06 bits per heavy atom. The van der Waals surface area contributed by atoms with E-state index in [1.54, 1.807) is 62.4 Å². The molecule has 2 unspecified atom stereocenters. The zero-order valence-corrected chi connectivity index (χ0v) is 17.8. The molecule has 0 aliphatic carbocycles. The van der Waals surface area contributed by atoms with E-state index in [0.29, 0.717) is 27.7 Å². The van der Waals surface area contributed by atoms with Gasteiger partial charge in [0.2, 0.25) is 11.8 Å². The Kier molecular flexibility index (Phi) is 6.87. The zero-order valence-electron chi connectivity index (χ0n) is 17.1. The van der Waals surface area contributed by atoms with Crippen molar-refractivity contribution in [2.75, 3.05) is 11.9 Å². The number of benzene rings is 2. The Balaban J connectivity index is 1.86. The van der Waals surface area contributed by atoms with Crippen molar-refractivity contribution in [3.05, 3.63) is 76.5 Å². The van der Waals surface area contributed by atoms with Crippen LogP contribution in [0.25, 0.3) is 0 Å². The van der Waals surface area contributed by atoms with Gasteiger partial charge in [-0.15, -0.1) is 0 Å². The zero-order chi connectivity index (χ0) is 22.5. The molecule has 0 radical (unpaired) electrons. The number of nitrogens with one attached hydrogen (secondary N) is 2. The fourth-order valence-corrected chi connectivity index (χ4v) is 3.89. The number of carboxylic acids is 1. The second kappa shape index (κ2) is 9.57. The normalized spacial score (nSPS) is 18.2. The number of hydrogen-bond donors (Lipinski definition) is 3. The molecule has 1 aliphatic rings. The Labute approximate surface area is 184 Å². The van der Waals surface area contributed by atoms with Gasteiger partial charge < -0.3 is 15.7 Å². The Morgan fingerprint density at radius 3 is 2.42 bits per heavy atom. The van der Waals surface area contributed by atoms with Crippen LogP contribution in [0.15, 0.2) is 70.9 Å². The second-order valence-corrected chi connectivity index (χ2v) is 7.63. The van der Waals surface area contributed by atoms with Crippen LogP contribution in [0.2, 0.25) is 5.02 Å². The highest BCUT2D eigenvalue weighted by atomic mass is 35.5. The van der Waals surface area contributed by atoms with E-state index in [0.717, 1.165) is 0 Å². The summed E-state index contributed by atoms with van der Waals surface area (Å²) in [6.45, 7) is 3.01. The summed E-state index contributed by atoms with van der Waals surface area (Å²) in [4.78, 5) is 41.6. The van der Waals surface area contributed by atoms with Crippen LogP contribution in [0, 0.1) is 5.92 Å². The van der Waals surface area contributed by atoms with Crippen molar-refractivity contribution >= 4 is 40.8 Å². The third-order valence-corrected chi connectivity index (χ3v) is 5.25. The molecule has 3 rings (SSSR count). The van der Waals surface area contributed by atoms with Gasteiger partial charge in [-0.3, -0.25) is 19.4 Å². The minimum absolute atomic E-state index is 0.202. The Morgan fingerprint density at radius 2 is 1.77 bits per heavy atom. The molecule has 2 amide bonds. The van der Waals surface area contributed by atoms with Crippen LogP contribution < -0.4 is 10.6 Å². The number of hydrogen-bond acceptors (Lipinski definition) is 4. The number of halogens is 1. The molecule has 2 aromatic rings. The molecule has 0 saturated carbocycles. The summed E-state index contributed by atoms with van der Waals surface area (Å²) >= 11 is 6.12. The maximum absolute atomic E-state index is 13.1. The van der Waals surface area contributed by atoms with Gasteiger partial charge in [-0.1, -0.05) is 41.9 Å². The minimum atomic E-state index is -1.09. The van der Waals surface area contributed by atoms with Gasteiger partial charge in [-0.25, -0.2) is 0 Å². The molecule has 1 aliphatic heterocycles. The number of amides is 2. The maximum atomic E-state index is 13.1. The summed E-state index contributed by atoms with van der Waals surface area (Å²) in [6, 6.07) is 15.6. The lowest BCUT2D eigenvalue weighted by molar-refractivity contribution is -0.139. The van der Waals surface area contributed by atoms with Crippen LogP contribution in [0.4, 0.5) is 5.69 Å². The number of para-hydroxylation sites is 1. The third-order valence-electron chi connectivity index (χ3n) is 5.01. The molecule has 160 valence electrons. The van der Waals surface area contributed by atoms with Gasteiger partial charge in [0.25, 0.3) is 0 Å². The quantitative estimate of drug-likeness (QED) is 0.638. The number of aliphatic imine (C=N–C) groups is 1. The summed E-state index contributed by atoms with van der Waals surface area (Å²) in [5.41, 5.74) is 2.20. The van der Waals surface area contributed by atoms with Gasteiger partial charge in [-0.2, -0.15) is 0 Å². The van der Waals surface area contributed by atoms with E-state index in [2.05, 4.69) is 15.6 Å². The number of carbonyl (C=O) groups is 3. The summed E-state index contributed by atoms with van der Waals surface area (Å²) in [5.74, 6) is -3.85. The van der Waals surface area contributed by atoms with Crippen LogP contribution in [0.3, 0.4) is 0 Å². The molecule has 2 aromatic carbocycles. The average Bonchev–Trinajstić information content (AvgIpc) is 2.72. The van der Waals surface area contributed by atoms with E-state index < -0.39 is 29.6 Å². The highest BCUT2D eigenvalue weighted by molar-refractivity contribution is 6.30. The molecular formula is C23H22ClN3O4. The lowest BCUT2D eigenvalue weighted by Gasteiger charge is -2.31. The van der Waals surface area contributed by atoms with Crippen molar-refractivity contribution in [1.29, 1.82) is 0 Å². The number of carboxylic acid groups (broad SMARTS) is 1. The highest BCUT2D eigenvalue weighted by Gasteiger charge is 2.41. The molecule has 31 heavy (non-hydrogen) atoms. The standard InChI is InChI=1S/C23H22ClN3O4/c1-13-19(22(29)25-12-18(28)27-17-9-4-3-5-10-17)21(15-7-6-8-16(24)11-15)20(23(30)31)14(2)26-13/h3-11,20-21H,12H2,1-2H3,(H,25,29)(H,27,28)(H,30,31). The van der Waals surface area contributed by atoms with Crippen LogP contribution in [-0.2, 0) is 14.4 Å². The number of allylic oxidation sites excluding steroid dienone is 1. The van der Waals surface area contributed by atoms with Crippen molar-refractivity contribution in [2.24, 2.45) is 10.9 Å². The molecule has 0 spiro atoms. The molecule has 8 heteroatoms. The first kappa shape index (κ1) is 22.2. The van der Waals surface area contributed by atoms with Gasteiger partial charge in [-0.05, 0) is 43.7 Å². The van der Waals surface area contributed by atoms with Crippen LogP contribution >= 0.6 is 11.6 Å². The first-order chi connectivity index (χ1) is 14.8. The van der Waals surface area contributed by atoms with Crippen LogP contribution in [0.1, 0.15) is 25.3 Å². The van der Waals surface area contributed by atoms with Crippen molar-refractivity contribution in [2.45, 2.75) is 19.8 Å². The Hall–Kier alpha value is -3.45. The first-order valence-corrected chi connectivity index (χ1v) is 10.0. The van der Waals surface area contributed by atoms with Crippen LogP contribution in [0.5, 0.6) is 0 Å². The van der Waals surface area contributed by atoms with Gasteiger partial charge in [0.15, 0.2) is 0 Å². The topological polar surface area (TPSA) is 108 Å². The molecule has 1 heterocycles. The number of anilines is 1. The number of aliphatic carboxylic acids is 1. The molecule has 3 N–H and O–H groups in total. The van der Waals surface area contributed by atoms with Crippen molar-refractivity contribution in [3.63, 3.8) is 0 Å². The molecule has 0 fully saturated rings. The lowest BCUT2D eigenvalue weighted by atomic mass is 9.75. The third kappa shape index (κ3) is 5.19. The van der Waals surface area contributed by atoms with E-state index in [9.17, 15) is 19.5 Å². The van der Waals surface area contributed by atoms with Gasteiger partial charge in [0.1, 0.15) is 5.92 Å². The molecule has 2 atom stereocenters. The molecule has 7 nitrogen and oxygen atoms in total. The van der Waals surface area contributed by atoms with Gasteiger partial charge >= 0.3 is 5.97 Å². The van der Waals surface area contributed by atoms with E-state index in [4.69, 9.17) is 11.6 Å². The number of rotatable bonds is 6. The number of carbonyl (C=O) groups excluding carboxylic acids is 2. The molecule has 0 saturated heterocycles. The van der Waals surface area contributed by atoms with E-state index in [1.165, 1.54) is 0 Å². The summed E-state index contributed by atoms with van der Waals surface area (Å²) in [5, 5.41) is 15.6. The number of nitrogens with zero attached hydrogens (tertiary/aromatic N) is 1. The Bertz CT molecular complexity index is 1080. The SMILES string of the molecule is CC1=NC(C)=C(C(=O)NCC(=O)Nc2ccccc2)C(c2cccc(Cl)c2)C1C(=O)O. The second-order valence-electron chi connectivity index (χ2n) is 7.20. The molecular weight excluding hydrogens is 418 g/mol. The first-order valence-electron chi connectivity index (χ1n) is 9.65. The van der Waals surface area contributed by atoms with E-state index in [1.807, 2.05) is 6.07 Å². The predicted molar refractivity (Wildman–Crippen MR) is 119 cm³/mol. The summed E-state index contributed by atoms with van der Waals surface area (Å²) in [6.07, 6.45) is 0. The van der Waals surface area contributed by atoms with Crippen LogP contribution in [-0.4, -0.2) is 35.1 Å². The predicted octanol–water partition coefficient (Wildman–Crippen LogP) is 3.63. The smallest absolute Gasteiger partial charge is 0.313 e. The minimum Gasteiger partial charge on any atom is -0.481 e. The fraction of sp³-hybridized carbons (Fsp3) is 0.217. The lowest BCUT2D eigenvalue weighted by Crippen LogP contribution is -2.40. The van der Waals surface area contributed by atoms with Crippen molar-refractivity contribution < 1.29 is 19.5 Å². The average molecular weight is 440 g/mol. The summed E-state index contributed by atoms with van der Waals surface area (Å²) < 4.78 is 0. The van der Waals surface area contributed by atoms with Crippen molar-refractivity contribution in [1.82, 2.24) is 5.32 Å². The van der Waals surface area contributed by atoms with Gasteiger partial charge in [0.05, 0.1) is 6.54 Å². The van der Waals surface area contributed by atoms with Crippen molar-refractivity contribution in [3.8, 4) is 0 Å². The van der Waals surface area contributed by atoms with Gasteiger partial charge in [0, 0.05) is 33.6 Å². The van der Waals surface area contributed by atoms with E-state index >= 15 is 0 Å². The maximum Gasteiger partial charge on any atom is 0.313 e. The highest BCUT2D eigenvalue weighted by Crippen LogP contribution is 2.39. The monoisotopic (exact) mass is 439 g/mol. The largest absolute Gasteiger partial charge is 0.481 e. The fourth-order valence-electron chi connectivity index (χ4n) is 3.70. The van der Waals surface area contributed by atoms with E-state index in [-0.39, 0.29) is 12.1 Å². The molecule has 0 aromatic heterocycles. The molecule has 0 bridgehead atoms. The summed E-state index contributed by atoms with van der Waals surface area (Å²) in [7, 11) is 0.